The van der Waals surface area contributed by atoms with E-state index in [9.17, 15) is 4.79 Å². The number of rotatable bonds is 3. The summed E-state index contributed by atoms with van der Waals surface area (Å²) in [7, 11) is 1.78. The zero-order valence-electron chi connectivity index (χ0n) is 12.2. The van der Waals surface area contributed by atoms with Gasteiger partial charge in [0.25, 0.3) is 5.91 Å². The molecule has 0 atom stereocenters. The number of fused-ring (bicyclic) bond motifs is 1. The summed E-state index contributed by atoms with van der Waals surface area (Å²) in [5.41, 5.74) is 3.47. The van der Waals surface area contributed by atoms with Crippen LogP contribution in [0.5, 0.6) is 0 Å². The summed E-state index contributed by atoms with van der Waals surface area (Å²) in [5.74, 6) is -0.0601. The first-order chi connectivity index (χ1) is 9.75. The van der Waals surface area contributed by atoms with Crippen molar-refractivity contribution in [3.05, 3.63) is 47.0 Å². The molecule has 1 amide bonds. The highest BCUT2D eigenvalue weighted by atomic mass is 35.5. The van der Waals surface area contributed by atoms with Crippen molar-refractivity contribution in [1.82, 2.24) is 25.4 Å². The summed E-state index contributed by atoms with van der Waals surface area (Å²) in [6.45, 7) is 2.12. The largest absolute Gasteiger partial charge is 0.334 e. The van der Waals surface area contributed by atoms with Crippen LogP contribution in [0.25, 0.3) is 0 Å². The van der Waals surface area contributed by atoms with Crippen molar-refractivity contribution in [2.45, 2.75) is 19.5 Å². The molecule has 0 aromatic carbocycles. The molecule has 2 N–H and O–H groups in total. The number of aromatic amines is 1. The summed E-state index contributed by atoms with van der Waals surface area (Å²) >= 11 is 0. The minimum Gasteiger partial charge on any atom is -0.334 e. The lowest BCUT2D eigenvalue weighted by Gasteiger charge is -2.17. The van der Waals surface area contributed by atoms with Gasteiger partial charge in [-0.1, -0.05) is 6.07 Å². The standard InChI is InChI=1S/C14H17N5O.2ClH/c1-19(9-10-4-2-3-6-16-10)14(20)13-11-5-7-15-8-12(11)17-18-13;;/h2-4,6,15H,5,7-9H2,1H3,(H,17,18);2*1H. The van der Waals surface area contributed by atoms with Gasteiger partial charge in [-0.15, -0.1) is 24.8 Å². The molecular formula is C14H19Cl2N5O. The fourth-order valence-corrected chi connectivity index (χ4v) is 2.41. The number of aromatic nitrogens is 3. The van der Waals surface area contributed by atoms with Crippen LogP contribution >= 0.6 is 24.8 Å². The molecule has 0 saturated heterocycles. The van der Waals surface area contributed by atoms with Gasteiger partial charge < -0.3 is 10.2 Å². The number of pyridine rings is 1. The first-order valence-corrected chi connectivity index (χ1v) is 6.68. The predicted molar refractivity (Wildman–Crippen MR) is 88.5 cm³/mol. The number of halogens is 2. The van der Waals surface area contributed by atoms with Crippen molar-refractivity contribution in [2.75, 3.05) is 13.6 Å². The maximum Gasteiger partial charge on any atom is 0.274 e. The quantitative estimate of drug-likeness (QED) is 0.886. The van der Waals surface area contributed by atoms with E-state index >= 15 is 0 Å². The summed E-state index contributed by atoms with van der Waals surface area (Å²) < 4.78 is 0. The zero-order chi connectivity index (χ0) is 13.9. The number of hydrogen-bond acceptors (Lipinski definition) is 4. The Kier molecular flexibility index (Phi) is 6.80. The van der Waals surface area contributed by atoms with Crippen molar-refractivity contribution in [3.63, 3.8) is 0 Å². The topological polar surface area (TPSA) is 73.9 Å². The second-order valence-electron chi connectivity index (χ2n) is 4.94. The molecule has 3 heterocycles. The lowest BCUT2D eigenvalue weighted by atomic mass is 10.1. The summed E-state index contributed by atoms with van der Waals surface area (Å²) in [4.78, 5) is 18.4. The van der Waals surface area contributed by atoms with E-state index < -0.39 is 0 Å². The van der Waals surface area contributed by atoms with Gasteiger partial charge in [0.15, 0.2) is 5.69 Å². The van der Waals surface area contributed by atoms with E-state index in [-0.39, 0.29) is 30.7 Å². The third-order valence-electron chi connectivity index (χ3n) is 3.48. The van der Waals surface area contributed by atoms with E-state index in [1.165, 1.54) is 0 Å². The maximum absolute atomic E-state index is 12.5. The fourth-order valence-electron chi connectivity index (χ4n) is 2.41. The van der Waals surface area contributed by atoms with Crippen LogP contribution in [0.1, 0.15) is 27.4 Å². The van der Waals surface area contributed by atoms with E-state index in [1.807, 2.05) is 18.2 Å². The first-order valence-electron chi connectivity index (χ1n) is 6.68. The Morgan fingerprint density at radius 3 is 2.91 bits per heavy atom. The number of amides is 1. The van der Waals surface area contributed by atoms with E-state index in [1.54, 1.807) is 18.1 Å². The van der Waals surface area contributed by atoms with Crippen molar-refractivity contribution >= 4 is 30.7 Å². The lowest BCUT2D eigenvalue weighted by Crippen LogP contribution is -2.29. The number of carbonyl (C=O) groups excluding carboxylic acids is 1. The minimum absolute atomic E-state index is 0. The molecule has 0 aliphatic carbocycles. The Bertz CT molecular complexity index is 617. The van der Waals surface area contributed by atoms with E-state index in [0.717, 1.165) is 36.5 Å². The highest BCUT2D eigenvalue weighted by Gasteiger charge is 2.23. The summed E-state index contributed by atoms with van der Waals surface area (Å²) in [5, 5.41) is 10.4. The number of H-pyrrole nitrogens is 1. The van der Waals surface area contributed by atoms with E-state index in [2.05, 4.69) is 20.5 Å². The minimum atomic E-state index is -0.0601. The van der Waals surface area contributed by atoms with Gasteiger partial charge in [-0.2, -0.15) is 5.10 Å². The summed E-state index contributed by atoms with van der Waals surface area (Å²) in [6, 6.07) is 5.69. The smallest absolute Gasteiger partial charge is 0.274 e. The molecule has 22 heavy (non-hydrogen) atoms. The van der Waals surface area contributed by atoms with Gasteiger partial charge in [0.1, 0.15) is 0 Å². The SMILES string of the molecule is CN(Cc1ccccn1)C(=O)c1n[nH]c2c1CCNC2.Cl.Cl. The number of nitrogens with one attached hydrogen (secondary N) is 2. The average molecular weight is 344 g/mol. The average Bonchev–Trinajstić information content (AvgIpc) is 2.91. The zero-order valence-corrected chi connectivity index (χ0v) is 13.8. The van der Waals surface area contributed by atoms with Crippen LogP contribution in [0.2, 0.25) is 0 Å². The van der Waals surface area contributed by atoms with Crippen LogP contribution in [-0.2, 0) is 19.5 Å². The Morgan fingerprint density at radius 1 is 1.36 bits per heavy atom. The molecule has 0 spiro atoms. The molecule has 3 rings (SSSR count). The van der Waals surface area contributed by atoms with E-state index in [4.69, 9.17) is 0 Å². The van der Waals surface area contributed by atoms with Gasteiger partial charge >= 0.3 is 0 Å². The Balaban J connectivity index is 0.00000121. The highest BCUT2D eigenvalue weighted by molar-refractivity contribution is 5.93. The normalized spacial score (nSPS) is 12.6. The molecule has 2 aromatic rings. The molecule has 0 radical (unpaired) electrons. The van der Waals surface area contributed by atoms with Crippen LogP contribution in [0.15, 0.2) is 24.4 Å². The lowest BCUT2D eigenvalue weighted by molar-refractivity contribution is 0.0776. The van der Waals surface area contributed by atoms with Crippen LogP contribution in [0.3, 0.4) is 0 Å². The van der Waals surface area contributed by atoms with Crippen LogP contribution in [0, 0.1) is 0 Å². The molecule has 0 bridgehead atoms. The number of carbonyl (C=O) groups is 1. The molecule has 0 fully saturated rings. The number of nitrogens with zero attached hydrogens (tertiary/aromatic N) is 3. The second kappa shape index (κ2) is 8.12. The van der Waals surface area contributed by atoms with Gasteiger partial charge in [0.2, 0.25) is 0 Å². The molecule has 0 unspecified atom stereocenters. The van der Waals surface area contributed by atoms with Crippen LogP contribution in [-0.4, -0.2) is 39.6 Å². The molecule has 120 valence electrons. The van der Waals surface area contributed by atoms with Crippen molar-refractivity contribution in [3.8, 4) is 0 Å². The molecular weight excluding hydrogens is 325 g/mol. The maximum atomic E-state index is 12.5. The van der Waals surface area contributed by atoms with Crippen molar-refractivity contribution in [1.29, 1.82) is 0 Å². The van der Waals surface area contributed by atoms with Gasteiger partial charge in [-0.25, -0.2) is 0 Å². The highest BCUT2D eigenvalue weighted by Crippen LogP contribution is 2.17. The second-order valence-corrected chi connectivity index (χ2v) is 4.94. The summed E-state index contributed by atoms with van der Waals surface area (Å²) in [6.07, 6.45) is 2.57. The van der Waals surface area contributed by atoms with E-state index in [0.29, 0.717) is 12.2 Å². The first kappa shape index (κ1) is 18.4. The van der Waals surface area contributed by atoms with Gasteiger partial charge in [0, 0.05) is 25.4 Å². The molecule has 6 nitrogen and oxygen atoms in total. The van der Waals surface area contributed by atoms with Gasteiger partial charge in [-0.3, -0.25) is 14.9 Å². The molecule has 1 aliphatic heterocycles. The third kappa shape index (κ3) is 3.76. The van der Waals surface area contributed by atoms with Gasteiger partial charge in [0.05, 0.1) is 17.9 Å². The predicted octanol–water partition coefficient (Wildman–Crippen LogP) is 1.57. The monoisotopic (exact) mass is 343 g/mol. The van der Waals surface area contributed by atoms with Crippen molar-refractivity contribution < 1.29 is 4.79 Å². The molecule has 1 aliphatic rings. The Morgan fingerprint density at radius 2 is 2.18 bits per heavy atom. The molecule has 8 heteroatoms. The Hall–Kier alpha value is -1.63. The fraction of sp³-hybridized carbons (Fsp3) is 0.357. The third-order valence-corrected chi connectivity index (χ3v) is 3.48. The van der Waals surface area contributed by atoms with Gasteiger partial charge in [-0.05, 0) is 25.1 Å². The van der Waals surface area contributed by atoms with Crippen LogP contribution in [0.4, 0.5) is 0 Å². The molecule has 2 aromatic heterocycles. The van der Waals surface area contributed by atoms with Crippen LogP contribution < -0.4 is 5.32 Å². The Labute approximate surface area is 141 Å². The molecule has 0 saturated carbocycles. The number of hydrogen-bond donors (Lipinski definition) is 2. The van der Waals surface area contributed by atoms with Crippen molar-refractivity contribution in [2.24, 2.45) is 0 Å².